The van der Waals surface area contributed by atoms with Crippen LogP contribution in [0.1, 0.15) is 37.1 Å². The molecule has 1 aromatic carbocycles. The van der Waals surface area contributed by atoms with E-state index >= 15 is 0 Å². The molecule has 19 nitrogen and oxygen atoms in total. The number of aliphatic imine (C=N–C) groups is 2. The summed E-state index contributed by atoms with van der Waals surface area (Å²) in [6.45, 7) is 1.08. The van der Waals surface area contributed by atoms with Gasteiger partial charge in [-0.1, -0.05) is 0 Å². The molecular formula is C32H48N10O9S2. The van der Waals surface area contributed by atoms with Crippen molar-refractivity contribution in [3.63, 3.8) is 0 Å². The van der Waals surface area contributed by atoms with Crippen LogP contribution in [-0.2, 0) is 38.2 Å². The van der Waals surface area contributed by atoms with Crippen molar-refractivity contribution in [3.05, 3.63) is 23.2 Å². The molecule has 1 aromatic heterocycles. The van der Waals surface area contributed by atoms with Gasteiger partial charge in [0.15, 0.2) is 12.0 Å². The molecule has 0 bridgehead atoms. The summed E-state index contributed by atoms with van der Waals surface area (Å²) in [4.78, 5) is 76.0. The first-order chi connectivity index (χ1) is 25.5. The van der Waals surface area contributed by atoms with Gasteiger partial charge in [0.1, 0.15) is 28.7 Å². The molecule has 4 amide bonds. The average molecular weight is 781 g/mol. The van der Waals surface area contributed by atoms with Gasteiger partial charge in [-0.3, -0.25) is 29.2 Å². The van der Waals surface area contributed by atoms with Crippen LogP contribution < -0.4 is 38.5 Å². The number of aliphatic carboxylic acids is 1. The summed E-state index contributed by atoms with van der Waals surface area (Å²) >= 11 is 2.66. The van der Waals surface area contributed by atoms with E-state index < -0.39 is 54.3 Å². The van der Waals surface area contributed by atoms with Gasteiger partial charge in [-0.05, 0) is 56.8 Å². The van der Waals surface area contributed by atoms with Crippen LogP contribution in [0.15, 0.2) is 28.2 Å². The van der Waals surface area contributed by atoms with Crippen molar-refractivity contribution < 1.29 is 43.3 Å². The molecule has 21 heteroatoms. The number of hydrogen-bond donors (Lipinski definition) is 8. The standard InChI is InChI=1S/C32H48N10O9S2/c1-49-11-12-50-13-14-51-17-26(44)40-21(6-4-10-36-32(34)35)27(45)37-16-25(43)39-22(5-2-3-9-33)28(46)38-19-7-8-20-24(15-19)53-30(41-20)29-42-23(18-52-29)31(47)48/h7-8,15,21-23H,2-6,9-14,16-18,33H2,1H3,(H,37,45)(H,38,46)(H,39,43)(H,40,44)(H,47,48)(H4,34,35,36)/t21-,22+,23-/m1/s1. The van der Waals surface area contributed by atoms with Crippen LogP contribution in [0.4, 0.5) is 5.69 Å². The number of carboxylic acids is 1. The van der Waals surface area contributed by atoms with Crippen molar-refractivity contribution in [2.24, 2.45) is 27.2 Å². The van der Waals surface area contributed by atoms with Crippen LogP contribution in [0.3, 0.4) is 0 Å². The molecule has 292 valence electrons. The molecule has 2 heterocycles. The fourth-order valence-corrected chi connectivity index (χ4v) is 6.88. The molecule has 1 aliphatic heterocycles. The molecule has 0 fully saturated rings. The van der Waals surface area contributed by atoms with Crippen molar-refractivity contribution in [1.82, 2.24) is 20.9 Å². The van der Waals surface area contributed by atoms with Crippen LogP contribution in [0.25, 0.3) is 10.2 Å². The number of amides is 4. The molecular weight excluding hydrogens is 733 g/mol. The van der Waals surface area contributed by atoms with Gasteiger partial charge in [0.05, 0.1) is 43.2 Å². The van der Waals surface area contributed by atoms with Crippen molar-refractivity contribution in [2.75, 3.05) is 70.8 Å². The summed E-state index contributed by atoms with van der Waals surface area (Å²) in [5.41, 5.74) is 17.5. The zero-order valence-corrected chi connectivity index (χ0v) is 31.1. The Labute approximate surface area is 314 Å². The van der Waals surface area contributed by atoms with E-state index in [2.05, 4.69) is 36.2 Å². The minimum absolute atomic E-state index is 0.109. The number of anilines is 1. The number of nitrogens with two attached hydrogens (primary N) is 3. The second-order valence-corrected chi connectivity index (χ2v) is 13.7. The highest BCUT2D eigenvalue weighted by molar-refractivity contribution is 8.15. The Bertz CT molecular complexity index is 1600. The van der Waals surface area contributed by atoms with Gasteiger partial charge in [0, 0.05) is 25.1 Å². The molecule has 0 radical (unpaired) electrons. The number of fused-ring (bicyclic) bond motifs is 1. The van der Waals surface area contributed by atoms with Crippen LogP contribution in [0.2, 0.25) is 0 Å². The number of carbonyl (C=O) groups excluding carboxylic acids is 4. The monoisotopic (exact) mass is 780 g/mol. The first-order valence-electron chi connectivity index (χ1n) is 16.9. The summed E-state index contributed by atoms with van der Waals surface area (Å²) in [6.07, 6.45) is 2.00. The number of unbranched alkanes of at least 4 members (excludes halogenated alkanes) is 1. The SMILES string of the molecule is COCCOCCOCC(=O)N[C@H](CCCN=C(N)N)C(=O)NCC(=O)N[C@@H](CCCCN)C(=O)Nc1ccc2nc(C3=N[C@@H](C(=O)O)CS3)sc2c1. The van der Waals surface area contributed by atoms with Crippen LogP contribution in [-0.4, -0.2) is 134 Å². The lowest BCUT2D eigenvalue weighted by atomic mass is 10.1. The minimum Gasteiger partial charge on any atom is -0.480 e. The first-order valence-corrected chi connectivity index (χ1v) is 18.7. The number of thioether (sulfide) groups is 1. The number of nitrogens with one attached hydrogen (secondary N) is 4. The van der Waals surface area contributed by atoms with E-state index in [9.17, 15) is 29.1 Å². The molecule has 0 saturated carbocycles. The number of rotatable bonds is 25. The molecule has 2 aromatic rings. The zero-order valence-electron chi connectivity index (χ0n) is 29.5. The van der Waals surface area contributed by atoms with E-state index in [1.165, 1.54) is 23.1 Å². The predicted octanol–water partition coefficient (Wildman–Crippen LogP) is -0.871. The molecule has 53 heavy (non-hydrogen) atoms. The summed E-state index contributed by atoms with van der Waals surface area (Å²) in [7, 11) is 1.55. The number of guanidine groups is 1. The molecule has 3 atom stereocenters. The number of carbonyl (C=O) groups is 5. The third-order valence-electron chi connectivity index (χ3n) is 7.43. The second-order valence-electron chi connectivity index (χ2n) is 11.6. The van der Waals surface area contributed by atoms with E-state index in [-0.39, 0.29) is 38.7 Å². The lowest BCUT2D eigenvalue weighted by Crippen LogP contribution is -2.51. The average Bonchev–Trinajstić information content (AvgIpc) is 3.79. The number of thiazole rings is 1. The third-order valence-corrected chi connectivity index (χ3v) is 9.64. The van der Waals surface area contributed by atoms with Gasteiger partial charge in [0.25, 0.3) is 0 Å². The third kappa shape index (κ3) is 15.6. The minimum atomic E-state index is -1.02. The highest BCUT2D eigenvalue weighted by atomic mass is 32.2. The Balaban J connectivity index is 1.57. The number of benzene rings is 1. The van der Waals surface area contributed by atoms with Gasteiger partial charge in [-0.15, -0.1) is 23.1 Å². The van der Waals surface area contributed by atoms with Crippen molar-refractivity contribution in [1.29, 1.82) is 0 Å². The number of methoxy groups -OCH3 is 1. The van der Waals surface area contributed by atoms with Crippen LogP contribution >= 0.6 is 23.1 Å². The highest BCUT2D eigenvalue weighted by Gasteiger charge is 2.27. The Morgan fingerprint density at radius 3 is 2.42 bits per heavy atom. The zero-order chi connectivity index (χ0) is 38.6. The Morgan fingerprint density at radius 1 is 0.981 bits per heavy atom. The maximum absolute atomic E-state index is 13.4. The topological polar surface area (TPSA) is 297 Å². The maximum Gasteiger partial charge on any atom is 0.329 e. The lowest BCUT2D eigenvalue weighted by Gasteiger charge is -2.20. The second kappa shape index (κ2) is 23.3. The summed E-state index contributed by atoms with van der Waals surface area (Å²) < 4.78 is 16.2. The molecule has 3 rings (SSSR count). The van der Waals surface area contributed by atoms with Gasteiger partial charge < -0.3 is 57.8 Å². The van der Waals surface area contributed by atoms with E-state index in [0.29, 0.717) is 72.5 Å². The fraction of sp³-hybridized carbons (Fsp3) is 0.562. The van der Waals surface area contributed by atoms with E-state index in [1.54, 1.807) is 25.3 Å². The van der Waals surface area contributed by atoms with Crippen molar-refractivity contribution in [3.8, 4) is 0 Å². The van der Waals surface area contributed by atoms with E-state index in [0.717, 1.165) is 4.70 Å². The first kappa shape index (κ1) is 43.0. The molecule has 1 aliphatic rings. The number of hydrogen-bond acceptors (Lipinski definition) is 14. The Hall–Kier alpha value is -4.41. The van der Waals surface area contributed by atoms with E-state index in [4.69, 9.17) is 31.4 Å². The number of ether oxygens (including phenoxy) is 3. The van der Waals surface area contributed by atoms with E-state index in [1.807, 2.05) is 0 Å². The fourth-order valence-electron chi connectivity index (χ4n) is 4.77. The quantitative estimate of drug-likeness (QED) is 0.0345. The van der Waals surface area contributed by atoms with Crippen LogP contribution in [0.5, 0.6) is 0 Å². The molecule has 0 saturated heterocycles. The summed E-state index contributed by atoms with van der Waals surface area (Å²) in [6, 6.07) is 2.38. The Kier molecular flexibility index (Phi) is 18.9. The molecule has 0 unspecified atom stereocenters. The van der Waals surface area contributed by atoms with Gasteiger partial charge in [-0.25, -0.2) is 9.78 Å². The number of carboxylic acid groups (broad SMARTS) is 1. The van der Waals surface area contributed by atoms with Gasteiger partial charge >= 0.3 is 5.97 Å². The maximum atomic E-state index is 13.4. The largest absolute Gasteiger partial charge is 0.480 e. The number of aromatic nitrogens is 1. The van der Waals surface area contributed by atoms with Crippen LogP contribution in [0, 0.1) is 0 Å². The predicted molar refractivity (Wildman–Crippen MR) is 202 cm³/mol. The van der Waals surface area contributed by atoms with Crippen molar-refractivity contribution >= 4 is 79.6 Å². The molecule has 0 aliphatic carbocycles. The Morgan fingerprint density at radius 2 is 1.70 bits per heavy atom. The van der Waals surface area contributed by atoms with Gasteiger partial charge in [0.2, 0.25) is 23.6 Å². The smallest absolute Gasteiger partial charge is 0.329 e. The normalized spacial score (nSPS) is 14.9. The summed E-state index contributed by atoms with van der Waals surface area (Å²) in [5.74, 6) is -3.02. The number of nitrogens with zero attached hydrogens (tertiary/aromatic N) is 3. The lowest BCUT2D eigenvalue weighted by molar-refractivity contribution is -0.137. The molecule has 0 spiro atoms. The van der Waals surface area contributed by atoms with Gasteiger partial charge in [-0.2, -0.15) is 0 Å². The highest BCUT2D eigenvalue weighted by Crippen LogP contribution is 2.31. The summed E-state index contributed by atoms with van der Waals surface area (Å²) in [5, 5.41) is 21.1. The van der Waals surface area contributed by atoms with Crippen molar-refractivity contribution in [2.45, 2.75) is 50.2 Å². The molecule has 11 N–H and O–H groups in total.